The summed E-state index contributed by atoms with van der Waals surface area (Å²) in [5.74, 6) is -0.128. The number of amides is 1. The van der Waals surface area contributed by atoms with E-state index in [4.69, 9.17) is 0 Å². The van der Waals surface area contributed by atoms with E-state index < -0.39 is 0 Å². The fraction of sp³-hybridized carbons (Fsp3) is 0.105. The maximum Gasteiger partial charge on any atom is 0.266 e. The minimum absolute atomic E-state index is 0.128. The van der Waals surface area contributed by atoms with Gasteiger partial charge in [-0.15, -0.1) is 11.3 Å². The lowest BCUT2D eigenvalue weighted by Crippen LogP contribution is -2.11. The van der Waals surface area contributed by atoms with E-state index in [2.05, 4.69) is 15.4 Å². The van der Waals surface area contributed by atoms with Crippen molar-refractivity contribution in [3.63, 3.8) is 0 Å². The molecule has 0 unspecified atom stereocenters. The second kappa shape index (κ2) is 6.14. The first-order valence-electron chi connectivity index (χ1n) is 7.87. The second-order valence-corrected chi connectivity index (χ2v) is 6.70. The fourth-order valence-corrected chi connectivity index (χ4v) is 3.71. The van der Waals surface area contributed by atoms with E-state index in [-0.39, 0.29) is 5.91 Å². The molecule has 0 spiro atoms. The number of hydrogen-bond acceptors (Lipinski definition) is 4. The molecular formula is C19H16N4OS. The normalized spacial score (nSPS) is 11.0. The van der Waals surface area contributed by atoms with Crippen LogP contribution in [0.2, 0.25) is 0 Å². The highest BCUT2D eigenvalue weighted by Gasteiger charge is 2.16. The molecule has 0 aliphatic carbocycles. The summed E-state index contributed by atoms with van der Waals surface area (Å²) in [7, 11) is 1.86. The summed E-state index contributed by atoms with van der Waals surface area (Å²) < 4.78 is 1.74. The van der Waals surface area contributed by atoms with Crippen LogP contribution in [0.1, 0.15) is 15.4 Å². The number of thiophene rings is 1. The Hall–Kier alpha value is -2.99. The van der Waals surface area contributed by atoms with Crippen LogP contribution in [0.5, 0.6) is 0 Å². The van der Waals surface area contributed by atoms with Crippen molar-refractivity contribution >= 4 is 34.0 Å². The largest absolute Gasteiger partial charge is 0.320 e. The van der Waals surface area contributed by atoms with Crippen molar-refractivity contribution in [1.29, 1.82) is 0 Å². The summed E-state index contributed by atoms with van der Waals surface area (Å²) in [5.41, 5.74) is 4.33. The van der Waals surface area contributed by atoms with Crippen molar-refractivity contribution < 1.29 is 4.79 Å². The van der Waals surface area contributed by atoms with Crippen LogP contribution in [0.25, 0.3) is 22.2 Å². The lowest BCUT2D eigenvalue weighted by molar-refractivity contribution is 0.103. The molecule has 5 nitrogen and oxygen atoms in total. The molecular weight excluding hydrogens is 332 g/mol. The zero-order chi connectivity index (χ0) is 17.4. The van der Waals surface area contributed by atoms with Gasteiger partial charge >= 0.3 is 0 Å². The average Bonchev–Trinajstić information content (AvgIpc) is 3.21. The number of rotatable bonds is 3. The van der Waals surface area contributed by atoms with E-state index in [1.54, 1.807) is 10.9 Å². The molecule has 0 radical (unpaired) electrons. The zero-order valence-electron chi connectivity index (χ0n) is 13.9. The number of benzene rings is 1. The van der Waals surface area contributed by atoms with Gasteiger partial charge in [0.25, 0.3) is 5.91 Å². The van der Waals surface area contributed by atoms with Gasteiger partial charge in [-0.3, -0.25) is 9.48 Å². The topological polar surface area (TPSA) is 59.8 Å². The molecule has 0 aliphatic heterocycles. The minimum Gasteiger partial charge on any atom is -0.320 e. The van der Waals surface area contributed by atoms with Gasteiger partial charge < -0.3 is 5.32 Å². The number of aryl methyl sites for hydroxylation is 2. The first-order chi connectivity index (χ1) is 12.1. The van der Waals surface area contributed by atoms with Gasteiger partial charge in [0.2, 0.25) is 0 Å². The van der Waals surface area contributed by atoms with Crippen LogP contribution in [-0.2, 0) is 7.05 Å². The lowest BCUT2D eigenvalue weighted by atomic mass is 10.1. The SMILES string of the molecule is Cc1nn(C)c2ncc(NC(=O)c3sccc3-c3ccccc3)cc12. The van der Waals surface area contributed by atoms with Crippen LogP contribution in [0.15, 0.2) is 54.0 Å². The Morgan fingerprint density at radius 2 is 2.00 bits per heavy atom. The van der Waals surface area contributed by atoms with E-state index in [1.165, 1.54) is 11.3 Å². The standard InChI is InChI=1S/C19H16N4OS/c1-12-16-10-14(11-20-18(16)23(2)22-12)21-19(24)17-15(8-9-25-17)13-6-4-3-5-7-13/h3-11H,1-2H3,(H,21,24). The van der Waals surface area contributed by atoms with E-state index in [1.807, 2.05) is 61.8 Å². The maximum absolute atomic E-state index is 12.7. The molecule has 0 fully saturated rings. The van der Waals surface area contributed by atoms with Crippen LogP contribution >= 0.6 is 11.3 Å². The number of nitrogens with one attached hydrogen (secondary N) is 1. The van der Waals surface area contributed by atoms with Crippen molar-refractivity contribution in [1.82, 2.24) is 14.8 Å². The van der Waals surface area contributed by atoms with Crippen LogP contribution in [0.4, 0.5) is 5.69 Å². The third kappa shape index (κ3) is 2.81. The molecule has 0 bridgehead atoms. The van der Waals surface area contributed by atoms with E-state index in [0.29, 0.717) is 10.6 Å². The van der Waals surface area contributed by atoms with Gasteiger partial charge in [-0.2, -0.15) is 5.10 Å². The number of nitrogens with zero attached hydrogens (tertiary/aromatic N) is 3. The molecule has 0 aliphatic rings. The maximum atomic E-state index is 12.7. The summed E-state index contributed by atoms with van der Waals surface area (Å²) in [5, 5.41) is 10.2. The third-order valence-corrected chi connectivity index (χ3v) is 4.99. The molecule has 25 heavy (non-hydrogen) atoms. The number of fused-ring (bicyclic) bond motifs is 1. The Morgan fingerprint density at radius 3 is 2.80 bits per heavy atom. The molecule has 3 aromatic heterocycles. The highest BCUT2D eigenvalue weighted by Crippen LogP contribution is 2.29. The Kier molecular flexibility index (Phi) is 3.82. The monoisotopic (exact) mass is 348 g/mol. The van der Waals surface area contributed by atoms with Gasteiger partial charge in [-0.05, 0) is 30.0 Å². The molecule has 0 saturated carbocycles. The first kappa shape index (κ1) is 15.5. The predicted octanol–water partition coefficient (Wildman–Crippen LogP) is 4.26. The molecule has 3 heterocycles. The summed E-state index contributed by atoms with van der Waals surface area (Å²) in [6.07, 6.45) is 1.66. The molecule has 1 amide bonds. The second-order valence-electron chi connectivity index (χ2n) is 5.79. The molecule has 6 heteroatoms. The molecule has 0 atom stereocenters. The molecule has 4 aromatic rings. The number of hydrogen-bond donors (Lipinski definition) is 1. The van der Waals surface area contributed by atoms with Crippen molar-refractivity contribution in [2.24, 2.45) is 7.05 Å². The number of pyridine rings is 1. The van der Waals surface area contributed by atoms with Crippen LogP contribution in [-0.4, -0.2) is 20.7 Å². The Morgan fingerprint density at radius 1 is 1.20 bits per heavy atom. The van der Waals surface area contributed by atoms with Crippen LogP contribution < -0.4 is 5.32 Å². The van der Waals surface area contributed by atoms with Crippen LogP contribution in [0, 0.1) is 6.92 Å². The van der Waals surface area contributed by atoms with Gasteiger partial charge in [0.1, 0.15) is 0 Å². The zero-order valence-corrected chi connectivity index (χ0v) is 14.7. The van der Waals surface area contributed by atoms with Gasteiger partial charge in [0.05, 0.1) is 22.5 Å². The first-order valence-corrected chi connectivity index (χ1v) is 8.75. The average molecular weight is 348 g/mol. The van der Waals surface area contributed by atoms with E-state index >= 15 is 0 Å². The predicted molar refractivity (Wildman–Crippen MR) is 101 cm³/mol. The van der Waals surface area contributed by atoms with Gasteiger partial charge in [0.15, 0.2) is 5.65 Å². The van der Waals surface area contributed by atoms with Crippen molar-refractivity contribution in [2.75, 3.05) is 5.32 Å². The molecule has 4 rings (SSSR count). The van der Waals surface area contributed by atoms with E-state index in [9.17, 15) is 4.79 Å². The van der Waals surface area contributed by atoms with Crippen molar-refractivity contribution in [2.45, 2.75) is 6.92 Å². The molecule has 1 N–H and O–H groups in total. The fourth-order valence-electron chi connectivity index (χ4n) is 2.89. The highest BCUT2D eigenvalue weighted by atomic mass is 32.1. The Balaban J connectivity index is 1.65. The number of carbonyl (C=O) groups is 1. The van der Waals surface area contributed by atoms with Gasteiger partial charge in [0, 0.05) is 18.0 Å². The van der Waals surface area contributed by atoms with Gasteiger partial charge in [-0.25, -0.2) is 4.98 Å². The summed E-state index contributed by atoms with van der Waals surface area (Å²) in [6, 6.07) is 13.8. The van der Waals surface area contributed by atoms with E-state index in [0.717, 1.165) is 27.9 Å². The van der Waals surface area contributed by atoms with Crippen molar-refractivity contribution in [3.05, 3.63) is 64.6 Å². The summed E-state index contributed by atoms with van der Waals surface area (Å²) in [4.78, 5) is 17.8. The number of carbonyl (C=O) groups excluding carboxylic acids is 1. The third-order valence-electron chi connectivity index (χ3n) is 4.08. The lowest BCUT2D eigenvalue weighted by Gasteiger charge is -2.06. The van der Waals surface area contributed by atoms with Gasteiger partial charge in [-0.1, -0.05) is 30.3 Å². The minimum atomic E-state index is -0.128. The highest BCUT2D eigenvalue weighted by molar-refractivity contribution is 7.12. The Labute approximate surface area is 149 Å². The van der Waals surface area contributed by atoms with Crippen LogP contribution in [0.3, 0.4) is 0 Å². The summed E-state index contributed by atoms with van der Waals surface area (Å²) >= 11 is 1.43. The smallest absolute Gasteiger partial charge is 0.266 e. The van der Waals surface area contributed by atoms with Crippen molar-refractivity contribution in [3.8, 4) is 11.1 Å². The number of anilines is 1. The number of aromatic nitrogens is 3. The Bertz CT molecular complexity index is 1070. The summed E-state index contributed by atoms with van der Waals surface area (Å²) in [6.45, 7) is 1.93. The molecule has 0 saturated heterocycles. The quantitative estimate of drug-likeness (QED) is 0.602. The molecule has 124 valence electrons. The molecule has 1 aromatic carbocycles.